The van der Waals surface area contributed by atoms with E-state index in [1.807, 2.05) is 0 Å². The lowest BCUT2D eigenvalue weighted by molar-refractivity contribution is 0.660. The van der Waals surface area contributed by atoms with Crippen molar-refractivity contribution in [3.05, 3.63) is 211 Å². The molecule has 12 rings (SSSR count). The molecule has 0 unspecified atom stereocenters. The molecule has 0 saturated carbocycles. The van der Waals surface area contributed by atoms with Crippen molar-refractivity contribution in [2.24, 2.45) is 0 Å². The minimum absolute atomic E-state index is 0.119. The molecule has 0 N–H and O–H groups in total. The molecule has 0 aliphatic heterocycles. The van der Waals surface area contributed by atoms with E-state index in [1.165, 1.54) is 71.3 Å². The van der Waals surface area contributed by atoms with Crippen LogP contribution in [0.3, 0.4) is 0 Å². The summed E-state index contributed by atoms with van der Waals surface area (Å²) in [6, 6.07) is 73.1. The lowest BCUT2D eigenvalue weighted by Gasteiger charge is -2.28. The molecule has 11 aromatic rings. The maximum Gasteiger partial charge on any atom is 0.143 e. The topological polar surface area (TPSA) is 16.4 Å². The number of nitrogens with zero attached hydrogens (tertiary/aromatic N) is 1. The standard InChI is InChI=1S/C57H39NO/c1-57(2)49-24-13-12-22-45(49)46-32-29-40(34-50(46)57)54-43-20-9-7-17-38(43)33-48-55-51(25-14-26-53(55)59-56(48)54)58(41-30-27-37(28-31-41)36-15-4-3-5-16-36)52-35-39-18-6-8-19-42(39)44-21-10-11-23-47(44)52/h3-35H,1-2H3. The molecule has 0 fully saturated rings. The SMILES string of the molecule is CC1(C)c2ccccc2-c2ccc(-c3c4ccccc4cc4c3oc3cccc(N(c5ccc(-c6ccccc6)cc5)c5cc6ccccc6c6ccccc56)c34)cc21. The third-order valence-corrected chi connectivity index (χ3v) is 12.8. The second kappa shape index (κ2) is 12.8. The highest BCUT2D eigenvalue weighted by Crippen LogP contribution is 2.52. The zero-order valence-corrected chi connectivity index (χ0v) is 32.9. The Bertz CT molecular complexity index is 3460. The van der Waals surface area contributed by atoms with Crippen LogP contribution in [0.4, 0.5) is 17.1 Å². The van der Waals surface area contributed by atoms with E-state index in [9.17, 15) is 0 Å². The molecule has 10 aromatic carbocycles. The third kappa shape index (κ3) is 5.06. The number of hydrogen-bond acceptors (Lipinski definition) is 2. The van der Waals surface area contributed by atoms with Gasteiger partial charge in [0.05, 0.1) is 16.8 Å². The fraction of sp³-hybridized carbons (Fsp3) is 0.0526. The molecule has 1 aromatic heterocycles. The Morgan fingerprint density at radius 1 is 0.407 bits per heavy atom. The number of anilines is 3. The molecule has 0 amide bonds. The summed E-state index contributed by atoms with van der Waals surface area (Å²) in [7, 11) is 0. The average molecular weight is 754 g/mol. The van der Waals surface area contributed by atoms with Crippen molar-refractivity contribution in [1.82, 2.24) is 0 Å². The minimum Gasteiger partial charge on any atom is -0.455 e. The van der Waals surface area contributed by atoms with Gasteiger partial charge in [-0.05, 0) is 108 Å². The Morgan fingerprint density at radius 2 is 1.03 bits per heavy atom. The molecule has 59 heavy (non-hydrogen) atoms. The van der Waals surface area contributed by atoms with E-state index >= 15 is 0 Å². The van der Waals surface area contributed by atoms with Crippen LogP contribution in [0.15, 0.2) is 205 Å². The highest BCUT2D eigenvalue weighted by atomic mass is 16.3. The van der Waals surface area contributed by atoms with Crippen molar-refractivity contribution >= 4 is 71.3 Å². The van der Waals surface area contributed by atoms with E-state index in [4.69, 9.17) is 4.42 Å². The predicted molar refractivity (Wildman–Crippen MR) is 249 cm³/mol. The first kappa shape index (κ1) is 33.7. The molecule has 0 atom stereocenters. The molecule has 2 heteroatoms. The summed E-state index contributed by atoms with van der Waals surface area (Å²) in [6.45, 7) is 4.70. The Labute approximate surface area is 343 Å². The maximum absolute atomic E-state index is 7.15. The molecule has 0 radical (unpaired) electrons. The van der Waals surface area contributed by atoms with Crippen molar-refractivity contribution in [3.8, 4) is 33.4 Å². The van der Waals surface area contributed by atoms with E-state index in [1.54, 1.807) is 0 Å². The van der Waals surface area contributed by atoms with Crippen molar-refractivity contribution in [2.45, 2.75) is 19.3 Å². The van der Waals surface area contributed by atoms with Gasteiger partial charge in [-0.15, -0.1) is 0 Å². The first-order valence-corrected chi connectivity index (χ1v) is 20.5. The number of rotatable bonds is 5. The van der Waals surface area contributed by atoms with Gasteiger partial charge in [-0.2, -0.15) is 0 Å². The third-order valence-electron chi connectivity index (χ3n) is 12.8. The summed E-state index contributed by atoms with van der Waals surface area (Å²) >= 11 is 0. The van der Waals surface area contributed by atoms with Crippen LogP contribution in [0.2, 0.25) is 0 Å². The molecule has 1 aliphatic rings. The Kier molecular flexibility index (Phi) is 7.31. The van der Waals surface area contributed by atoms with Crippen LogP contribution in [0.5, 0.6) is 0 Å². The quantitative estimate of drug-likeness (QED) is 0.163. The van der Waals surface area contributed by atoms with Gasteiger partial charge >= 0.3 is 0 Å². The number of furan rings is 1. The van der Waals surface area contributed by atoms with E-state index in [0.29, 0.717) is 0 Å². The number of benzene rings is 10. The number of hydrogen-bond donors (Lipinski definition) is 0. The van der Waals surface area contributed by atoms with Gasteiger partial charge in [-0.1, -0.05) is 172 Å². The van der Waals surface area contributed by atoms with E-state index in [2.05, 4.69) is 219 Å². The van der Waals surface area contributed by atoms with Crippen molar-refractivity contribution < 1.29 is 4.42 Å². The first-order chi connectivity index (χ1) is 29.0. The Hall–Kier alpha value is -7.42. The van der Waals surface area contributed by atoms with Crippen LogP contribution in [0.1, 0.15) is 25.0 Å². The summed E-state index contributed by atoms with van der Waals surface area (Å²) in [5.41, 5.74) is 15.0. The van der Waals surface area contributed by atoms with Crippen LogP contribution in [0.25, 0.3) is 87.6 Å². The zero-order valence-electron chi connectivity index (χ0n) is 32.9. The highest BCUT2D eigenvalue weighted by Gasteiger charge is 2.35. The van der Waals surface area contributed by atoms with Crippen molar-refractivity contribution in [3.63, 3.8) is 0 Å². The molecule has 0 bridgehead atoms. The van der Waals surface area contributed by atoms with Gasteiger partial charge in [0.25, 0.3) is 0 Å². The fourth-order valence-electron chi connectivity index (χ4n) is 10.00. The predicted octanol–water partition coefficient (Wildman–Crippen LogP) is 16.2. The summed E-state index contributed by atoms with van der Waals surface area (Å²) in [6.07, 6.45) is 0. The van der Waals surface area contributed by atoms with Crippen LogP contribution in [0, 0.1) is 0 Å². The monoisotopic (exact) mass is 753 g/mol. The fourth-order valence-corrected chi connectivity index (χ4v) is 10.00. The van der Waals surface area contributed by atoms with Crippen LogP contribution in [-0.4, -0.2) is 0 Å². The van der Waals surface area contributed by atoms with Crippen LogP contribution < -0.4 is 4.90 Å². The normalized spacial score (nSPS) is 13.1. The second-order valence-corrected chi connectivity index (χ2v) is 16.4. The molecule has 278 valence electrons. The van der Waals surface area contributed by atoms with E-state index in [-0.39, 0.29) is 5.41 Å². The van der Waals surface area contributed by atoms with Crippen molar-refractivity contribution in [1.29, 1.82) is 0 Å². The first-order valence-electron chi connectivity index (χ1n) is 20.5. The van der Waals surface area contributed by atoms with Gasteiger partial charge in [0.15, 0.2) is 0 Å². The average Bonchev–Trinajstić information content (AvgIpc) is 3.77. The summed E-state index contributed by atoms with van der Waals surface area (Å²) in [5.74, 6) is 0. The molecule has 1 aliphatic carbocycles. The molecular weight excluding hydrogens is 715 g/mol. The zero-order chi connectivity index (χ0) is 39.2. The maximum atomic E-state index is 7.15. The lowest BCUT2D eigenvalue weighted by Crippen LogP contribution is -2.14. The van der Waals surface area contributed by atoms with Gasteiger partial charge in [0, 0.05) is 27.4 Å². The minimum atomic E-state index is -0.119. The molecule has 0 spiro atoms. The number of fused-ring (bicyclic) bond motifs is 10. The van der Waals surface area contributed by atoms with E-state index < -0.39 is 0 Å². The lowest BCUT2D eigenvalue weighted by atomic mass is 9.81. The largest absolute Gasteiger partial charge is 0.455 e. The summed E-state index contributed by atoms with van der Waals surface area (Å²) in [5, 5.41) is 9.42. The van der Waals surface area contributed by atoms with Gasteiger partial charge in [-0.25, -0.2) is 0 Å². The van der Waals surface area contributed by atoms with Crippen molar-refractivity contribution in [2.75, 3.05) is 4.90 Å². The molecule has 0 saturated heterocycles. The van der Waals surface area contributed by atoms with E-state index in [0.717, 1.165) is 44.6 Å². The van der Waals surface area contributed by atoms with Gasteiger partial charge in [-0.3, -0.25) is 0 Å². The Morgan fingerprint density at radius 3 is 1.85 bits per heavy atom. The second-order valence-electron chi connectivity index (χ2n) is 16.4. The van der Waals surface area contributed by atoms with Gasteiger partial charge in [0.1, 0.15) is 11.2 Å². The van der Waals surface area contributed by atoms with Gasteiger partial charge in [0.2, 0.25) is 0 Å². The van der Waals surface area contributed by atoms with Crippen LogP contribution in [-0.2, 0) is 5.41 Å². The highest BCUT2D eigenvalue weighted by molar-refractivity contribution is 6.23. The van der Waals surface area contributed by atoms with Gasteiger partial charge < -0.3 is 9.32 Å². The molecular formula is C57H39NO. The van der Waals surface area contributed by atoms with Crippen LogP contribution >= 0.6 is 0 Å². The molecule has 1 heterocycles. The Balaban J connectivity index is 1.14. The smallest absolute Gasteiger partial charge is 0.143 e. The summed E-state index contributed by atoms with van der Waals surface area (Å²) in [4.78, 5) is 2.45. The summed E-state index contributed by atoms with van der Waals surface area (Å²) < 4.78 is 7.15. The molecule has 2 nitrogen and oxygen atoms in total.